The normalized spacial score (nSPS) is 14.0. The molecule has 0 unspecified atom stereocenters. The van der Waals surface area contributed by atoms with Gasteiger partial charge in [0.25, 0.3) is 5.91 Å². The van der Waals surface area contributed by atoms with E-state index in [1.165, 1.54) is 22.6 Å². The van der Waals surface area contributed by atoms with E-state index in [9.17, 15) is 9.18 Å². The number of hydrazine groups is 1. The van der Waals surface area contributed by atoms with Crippen molar-refractivity contribution in [1.82, 2.24) is 4.90 Å². The van der Waals surface area contributed by atoms with E-state index in [1.807, 2.05) is 11.4 Å². The van der Waals surface area contributed by atoms with Crippen molar-refractivity contribution in [2.24, 2.45) is 5.84 Å². The minimum atomic E-state index is -0.522. The smallest absolute Gasteiger partial charge is 0.256 e. The van der Waals surface area contributed by atoms with Crippen molar-refractivity contribution in [2.75, 3.05) is 12.0 Å². The van der Waals surface area contributed by atoms with Gasteiger partial charge in [0.15, 0.2) is 0 Å². The van der Waals surface area contributed by atoms with Crippen LogP contribution in [0.2, 0.25) is 0 Å². The van der Waals surface area contributed by atoms with Gasteiger partial charge in [0, 0.05) is 18.0 Å². The number of nitrogens with one attached hydrogen (secondary N) is 1. The van der Waals surface area contributed by atoms with Gasteiger partial charge in [-0.15, -0.1) is 11.3 Å². The fourth-order valence-electron chi connectivity index (χ4n) is 2.44. The zero-order valence-electron chi connectivity index (χ0n) is 10.7. The van der Waals surface area contributed by atoms with Crippen LogP contribution in [0.1, 0.15) is 20.8 Å². The van der Waals surface area contributed by atoms with Crippen LogP contribution in [0.5, 0.6) is 0 Å². The summed E-state index contributed by atoms with van der Waals surface area (Å²) in [7, 11) is 0. The van der Waals surface area contributed by atoms with E-state index in [0.717, 1.165) is 6.42 Å². The molecule has 20 heavy (non-hydrogen) atoms. The molecule has 1 aliphatic rings. The average Bonchev–Trinajstić information content (AvgIpc) is 2.93. The van der Waals surface area contributed by atoms with Crippen LogP contribution in [0.15, 0.2) is 29.6 Å². The fraction of sp³-hybridized carbons (Fsp3) is 0.214. The highest BCUT2D eigenvalue weighted by atomic mass is 32.1. The molecule has 2 aromatic rings. The molecule has 0 atom stereocenters. The molecule has 1 aliphatic heterocycles. The topological polar surface area (TPSA) is 58.4 Å². The number of carbonyl (C=O) groups is 1. The number of rotatable bonds is 2. The first-order valence-corrected chi connectivity index (χ1v) is 7.18. The minimum Gasteiger partial charge on any atom is -0.334 e. The van der Waals surface area contributed by atoms with E-state index in [2.05, 4.69) is 5.43 Å². The Morgan fingerprint density at radius 1 is 1.40 bits per heavy atom. The molecular formula is C14H14FN3OS. The Labute approximate surface area is 120 Å². The summed E-state index contributed by atoms with van der Waals surface area (Å²) in [5.74, 6) is 4.60. The van der Waals surface area contributed by atoms with E-state index >= 15 is 0 Å². The summed E-state index contributed by atoms with van der Waals surface area (Å²) < 4.78 is 13.7. The summed E-state index contributed by atoms with van der Waals surface area (Å²) in [5.41, 5.74) is 3.77. The maximum absolute atomic E-state index is 13.7. The number of para-hydroxylation sites is 1. The van der Waals surface area contributed by atoms with Gasteiger partial charge in [-0.05, 0) is 35.6 Å². The largest absolute Gasteiger partial charge is 0.334 e. The highest BCUT2D eigenvalue weighted by Gasteiger charge is 2.25. The molecule has 1 aromatic carbocycles. The second kappa shape index (κ2) is 5.22. The maximum Gasteiger partial charge on any atom is 0.256 e. The molecule has 0 radical (unpaired) electrons. The van der Waals surface area contributed by atoms with E-state index in [-0.39, 0.29) is 17.2 Å². The number of hydrogen-bond acceptors (Lipinski definition) is 4. The van der Waals surface area contributed by atoms with Gasteiger partial charge in [0.2, 0.25) is 0 Å². The van der Waals surface area contributed by atoms with Crippen LogP contribution in [0, 0.1) is 5.82 Å². The van der Waals surface area contributed by atoms with Crippen LogP contribution >= 0.6 is 11.3 Å². The highest BCUT2D eigenvalue weighted by molar-refractivity contribution is 7.10. The number of nitrogens with two attached hydrogens (primary N) is 1. The molecule has 1 aromatic heterocycles. The van der Waals surface area contributed by atoms with Crippen molar-refractivity contribution in [1.29, 1.82) is 0 Å². The zero-order valence-corrected chi connectivity index (χ0v) is 11.5. The van der Waals surface area contributed by atoms with Gasteiger partial charge in [-0.2, -0.15) is 0 Å². The van der Waals surface area contributed by atoms with Gasteiger partial charge in [0.05, 0.1) is 11.3 Å². The third kappa shape index (κ3) is 2.17. The third-order valence-electron chi connectivity index (χ3n) is 3.48. The summed E-state index contributed by atoms with van der Waals surface area (Å²) in [6.45, 7) is 1.21. The number of amides is 1. The van der Waals surface area contributed by atoms with Crippen molar-refractivity contribution in [3.05, 3.63) is 51.5 Å². The van der Waals surface area contributed by atoms with Gasteiger partial charge in [-0.1, -0.05) is 6.07 Å². The Morgan fingerprint density at radius 2 is 2.25 bits per heavy atom. The monoisotopic (exact) mass is 291 g/mol. The lowest BCUT2D eigenvalue weighted by atomic mass is 10.1. The Kier molecular flexibility index (Phi) is 3.42. The fourth-order valence-corrected chi connectivity index (χ4v) is 3.33. The molecule has 0 saturated heterocycles. The number of anilines is 1. The lowest BCUT2D eigenvalue weighted by Crippen LogP contribution is -2.36. The molecule has 0 aliphatic carbocycles. The number of nitrogens with zero attached hydrogens (tertiary/aromatic N) is 1. The molecule has 0 fully saturated rings. The zero-order chi connectivity index (χ0) is 14.1. The first kappa shape index (κ1) is 13.1. The van der Waals surface area contributed by atoms with Crippen LogP contribution < -0.4 is 11.3 Å². The molecular weight excluding hydrogens is 277 g/mol. The van der Waals surface area contributed by atoms with Gasteiger partial charge in [-0.25, -0.2) is 4.39 Å². The van der Waals surface area contributed by atoms with Crippen molar-refractivity contribution < 1.29 is 9.18 Å². The number of carbonyl (C=O) groups excluding carboxylic acids is 1. The second-order valence-electron chi connectivity index (χ2n) is 4.65. The van der Waals surface area contributed by atoms with E-state index in [1.54, 1.807) is 22.3 Å². The Hall–Kier alpha value is -1.92. The molecule has 6 heteroatoms. The summed E-state index contributed by atoms with van der Waals surface area (Å²) in [5, 5.41) is 2.04. The van der Waals surface area contributed by atoms with E-state index in [4.69, 9.17) is 5.84 Å². The van der Waals surface area contributed by atoms with Crippen molar-refractivity contribution >= 4 is 22.9 Å². The van der Waals surface area contributed by atoms with Gasteiger partial charge < -0.3 is 10.3 Å². The molecule has 0 saturated carbocycles. The van der Waals surface area contributed by atoms with Crippen LogP contribution in [0.4, 0.5) is 10.1 Å². The van der Waals surface area contributed by atoms with Crippen LogP contribution in [0.3, 0.4) is 0 Å². The Morgan fingerprint density at radius 3 is 3.05 bits per heavy atom. The molecule has 1 amide bonds. The summed E-state index contributed by atoms with van der Waals surface area (Å²) in [6, 6.07) is 6.42. The van der Waals surface area contributed by atoms with Crippen molar-refractivity contribution in [3.63, 3.8) is 0 Å². The van der Waals surface area contributed by atoms with E-state index < -0.39 is 5.82 Å². The van der Waals surface area contributed by atoms with Gasteiger partial charge in [-0.3, -0.25) is 10.6 Å². The van der Waals surface area contributed by atoms with Gasteiger partial charge >= 0.3 is 0 Å². The van der Waals surface area contributed by atoms with Crippen LogP contribution in [-0.2, 0) is 13.0 Å². The SMILES string of the molecule is NNc1c(F)cccc1C(=O)N1CCc2sccc2C1. The molecule has 3 rings (SSSR count). The van der Waals surface area contributed by atoms with Crippen LogP contribution in [0.25, 0.3) is 0 Å². The van der Waals surface area contributed by atoms with Crippen molar-refractivity contribution in [2.45, 2.75) is 13.0 Å². The van der Waals surface area contributed by atoms with Crippen LogP contribution in [-0.4, -0.2) is 17.4 Å². The quantitative estimate of drug-likeness (QED) is 0.660. The summed E-state index contributed by atoms with van der Waals surface area (Å²) in [6.07, 6.45) is 0.847. The molecule has 0 bridgehead atoms. The lowest BCUT2D eigenvalue weighted by Gasteiger charge is -2.27. The first-order valence-electron chi connectivity index (χ1n) is 6.30. The molecule has 2 heterocycles. The maximum atomic E-state index is 13.7. The summed E-state index contributed by atoms with van der Waals surface area (Å²) in [4.78, 5) is 15.6. The minimum absolute atomic E-state index is 0.0496. The number of nitrogen functional groups attached to an aromatic ring is 1. The molecule has 0 spiro atoms. The molecule has 4 nitrogen and oxygen atoms in total. The Balaban J connectivity index is 1.89. The second-order valence-corrected chi connectivity index (χ2v) is 5.65. The predicted molar refractivity (Wildman–Crippen MR) is 77.0 cm³/mol. The lowest BCUT2D eigenvalue weighted by molar-refractivity contribution is 0.0736. The standard InChI is InChI=1S/C14H14FN3OS/c15-11-3-1-2-10(13(11)17-16)14(19)18-6-4-12-9(8-18)5-7-20-12/h1-3,5,7,17H,4,6,8,16H2. The average molecular weight is 291 g/mol. The molecule has 3 N–H and O–H groups in total. The molecule has 104 valence electrons. The third-order valence-corrected chi connectivity index (χ3v) is 4.51. The Bertz CT molecular complexity index is 656. The van der Waals surface area contributed by atoms with Gasteiger partial charge in [0.1, 0.15) is 5.82 Å². The number of halogens is 1. The number of thiophene rings is 1. The van der Waals surface area contributed by atoms with Crippen molar-refractivity contribution in [3.8, 4) is 0 Å². The van der Waals surface area contributed by atoms with E-state index in [0.29, 0.717) is 13.1 Å². The number of hydrogen-bond donors (Lipinski definition) is 2. The number of benzene rings is 1. The summed E-state index contributed by atoms with van der Waals surface area (Å²) >= 11 is 1.71. The first-order chi connectivity index (χ1) is 9.70. The highest BCUT2D eigenvalue weighted by Crippen LogP contribution is 2.27. The number of fused-ring (bicyclic) bond motifs is 1. The predicted octanol–water partition coefficient (Wildman–Crippen LogP) is 2.37.